The first-order valence-corrected chi connectivity index (χ1v) is 25.6. The van der Waals surface area contributed by atoms with Gasteiger partial charge in [-0.15, -0.1) is 0 Å². The van der Waals surface area contributed by atoms with Gasteiger partial charge in [0.2, 0.25) is 0 Å². The van der Waals surface area contributed by atoms with Gasteiger partial charge >= 0.3 is 0 Å². The monoisotopic (exact) mass is 882 g/mol. The number of fused-ring (bicyclic) bond motifs is 6. The predicted octanol–water partition coefficient (Wildman–Crippen LogP) is 15.5. The molecule has 0 saturated carbocycles. The summed E-state index contributed by atoms with van der Waals surface area (Å²) in [7, 11) is 0. The van der Waals surface area contributed by atoms with E-state index in [0.29, 0.717) is 39.6 Å². The summed E-state index contributed by atoms with van der Waals surface area (Å²) < 4.78 is 39.7. The van der Waals surface area contributed by atoms with Gasteiger partial charge in [-0.1, -0.05) is 78.6 Å². The van der Waals surface area contributed by atoms with Gasteiger partial charge in [0, 0.05) is 0 Å². The van der Waals surface area contributed by atoms with Crippen molar-refractivity contribution in [2.24, 2.45) is 0 Å². The Morgan fingerprint density at radius 1 is 0.267 bits per heavy atom. The Morgan fingerprint density at radius 3 is 0.617 bits per heavy atom. The molecule has 4 aromatic rings. The minimum absolute atomic E-state index is 0.623. The van der Waals surface area contributed by atoms with Crippen molar-refractivity contribution < 1.29 is 28.4 Å². The number of benzene rings is 4. The van der Waals surface area contributed by atoms with Gasteiger partial charge in [-0.05, 0) is 163 Å². The van der Waals surface area contributed by atoms with E-state index in [-0.39, 0.29) is 0 Å². The summed E-state index contributed by atoms with van der Waals surface area (Å²) in [5, 5.41) is 6.53. The first-order chi connectivity index (χ1) is 29.6. The van der Waals surface area contributed by atoms with E-state index in [9.17, 15) is 0 Å². The molecule has 4 rings (SSSR count). The highest BCUT2D eigenvalue weighted by Crippen LogP contribution is 2.47. The van der Waals surface area contributed by atoms with Crippen LogP contribution in [-0.4, -0.2) is 56.9 Å². The lowest BCUT2D eigenvalue weighted by molar-refractivity contribution is 0.259. The topological polar surface area (TPSA) is 55.4 Å². The Labute approximate surface area is 380 Å². The lowest BCUT2D eigenvalue weighted by atomic mass is 9.93. The largest absolute Gasteiger partial charge is 0.490 e. The minimum atomic E-state index is 0.623. The van der Waals surface area contributed by atoms with Gasteiger partial charge in [-0.3, -0.25) is 0 Å². The molecule has 0 bridgehead atoms. The molecule has 0 radical (unpaired) electrons. The fourth-order valence-electron chi connectivity index (χ4n) is 7.54. The van der Waals surface area contributed by atoms with Crippen LogP contribution in [0.25, 0.3) is 32.3 Å². The van der Waals surface area contributed by atoms with E-state index in [0.717, 1.165) is 180 Å². The van der Waals surface area contributed by atoms with Crippen molar-refractivity contribution in [3.05, 3.63) is 36.4 Å². The maximum atomic E-state index is 6.62. The second-order valence-corrected chi connectivity index (χ2v) is 17.5. The summed E-state index contributed by atoms with van der Waals surface area (Å²) in [4.78, 5) is 0. The summed E-state index contributed by atoms with van der Waals surface area (Å²) in [5.41, 5.74) is 0. The molecular weight excluding hydrogens is 805 g/mol. The van der Waals surface area contributed by atoms with Gasteiger partial charge in [-0.2, -0.15) is 37.9 Å². The van der Waals surface area contributed by atoms with Crippen LogP contribution in [0.1, 0.15) is 156 Å². The van der Waals surface area contributed by atoms with Gasteiger partial charge in [-0.25, -0.2) is 0 Å². The summed E-state index contributed by atoms with van der Waals surface area (Å²) in [6, 6.07) is 13.2. The Balaban J connectivity index is 1.95. The third-order valence-electron chi connectivity index (χ3n) is 11.1. The van der Waals surface area contributed by atoms with Crippen molar-refractivity contribution in [3.8, 4) is 34.5 Å². The minimum Gasteiger partial charge on any atom is -0.490 e. The number of unbranched alkanes of at least 4 members (excludes halogenated alkanes) is 15. The fourth-order valence-corrected chi connectivity index (χ4v) is 8.22. The molecule has 0 unspecified atom stereocenters. The summed E-state index contributed by atoms with van der Waals surface area (Å²) in [5.74, 6) is 7.36. The molecule has 0 aliphatic rings. The standard InChI is InChI=1S/C51H78O6S3/c1-4-7-10-16-25-52-46-34-40-43(37-49(46)55-28-19-13-22-31-58)41-35-47(53-26-17-11-8-5-2)51(57-30-21-15-24-33-60)39-45(41)42-36-48(54-27-18-12-9-6-3)50(38-44(40)42)56-29-20-14-23-32-59/h34-39,58-60H,4-33H2,1-3H3. The van der Waals surface area contributed by atoms with Crippen LogP contribution in [-0.2, 0) is 0 Å². The maximum absolute atomic E-state index is 6.62. The van der Waals surface area contributed by atoms with Crippen LogP contribution < -0.4 is 28.4 Å². The van der Waals surface area contributed by atoms with E-state index in [2.05, 4.69) is 95.1 Å². The molecule has 0 atom stereocenters. The SMILES string of the molecule is CCCCCCOc1cc2c(cc1OCCCCCS)c1cc(OCCCCCC)c(OCCCCCS)cc1c1cc(OCCCCCC)c(OCCCCCS)cc21. The normalized spacial score (nSPS) is 11.5. The van der Waals surface area contributed by atoms with Crippen molar-refractivity contribution in [2.75, 3.05) is 56.9 Å². The van der Waals surface area contributed by atoms with Gasteiger partial charge in [0.05, 0.1) is 39.6 Å². The molecule has 336 valence electrons. The zero-order chi connectivity index (χ0) is 42.6. The third-order valence-corrected chi connectivity index (χ3v) is 12.0. The molecule has 0 heterocycles. The van der Waals surface area contributed by atoms with Crippen LogP contribution in [0.2, 0.25) is 0 Å². The van der Waals surface area contributed by atoms with Crippen molar-refractivity contribution in [3.63, 3.8) is 0 Å². The van der Waals surface area contributed by atoms with Crippen molar-refractivity contribution >= 4 is 70.2 Å². The van der Waals surface area contributed by atoms with Crippen LogP contribution in [0.4, 0.5) is 0 Å². The average Bonchev–Trinajstić information content (AvgIpc) is 3.26. The Morgan fingerprint density at radius 2 is 0.450 bits per heavy atom. The number of rotatable bonds is 36. The van der Waals surface area contributed by atoms with Gasteiger partial charge in [0.1, 0.15) is 0 Å². The quantitative estimate of drug-likeness (QED) is 0.0240. The fraction of sp³-hybridized carbons (Fsp3) is 0.647. The first-order valence-electron chi connectivity index (χ1n) is 23.7. The smallest absolute Gasteiger partial charge is 0.161 e. The Hall–Kier alpha value is -2.49. The number of hydrogen-bond acceptors (Lipinski definition) is 9. The predicted molar refractivity (Wildman–Crippen MR) is 267 cm³/mol. The molecule has 0 spiro atoms. The van der Waals surface area contributed by atoms with Crippen LogP contribution in [0.15, 0.2) is 36.4 Å². The molecule has 0 saturated heterocycles. The highest BCUT2D eigenvalue weighted by atomic mass is 32.1. The lowest BCUT2D eigenvalue weighted by Gasteiger charge is -2.21. The van der Waals surface area contributed by atoms with Crippen molar-refractivity contribution in [2.45, 2.75) is 156 Å². The first kappa shape index (κ1) is 50.2. The number of ether oxygens (including phenoxy) is 6. The maximum Gasteiger partial charge on any atom is 0.161 e. The van der Waals surface area contributed by atoms with Gasteiger partial charge < -0.3 is 28.4 Å². The molecule has 0 N–H and O–H groups in total. The average molecular weight is 883 g/mol. The van der Waals surface area contributed by atoms with Crippen molar-refractivity contribution in [1.29, 1.82) is 0 Å². The molecule has 0 aliphatic carbocycles. The molecule has 0 amide bonds. The molecule has 0 fully saturated rings. The van der Waals surface area contributed by atoms with E-state index in [4.69, 9.17) is 28.4 Å². The van der Waals surface area contributed by atoms with E-state index < -0.39 is 0 Å². The lowest BCUT2D eigenvalue weighted by Crippen LogP contribution is -2.05. The molecule has 4 aromatic carbocycles. The van der Waals surface area contributed by atoms with Crippen molar-refractivity contribution in [1.82, 2.24) is 0 Å². The molecule has 6 nitrogen and oxygen atoms in total. The van der Waals surface area contributed by atoms with E-state index >= 15 is 0 Å². The summed E-state index contributed by atoms with van der Waals surface area (Å²) >= 11 is 13.3. The zero-order valence-electron chi connectivity index (χ0n) is 37.5. The highest BCUT2D eigenvalue weighted by Gasteiger charge is 2.21. The van der Waals surface area contributed by atoms with Crippen LogP contribution in [0, 0.1) is 0 Å². The zero-order valence-corrected chi connectivity index (χ0v) is 40.2. The van der Waals surface area contributed by atoms with E-state index in [1.165, 1.54) is 38.5 Å². The van der Waals surface area contributed by atoms with Crippen LogP contribution in [0.3, 0.4) is 0 Å². The van der Waals surface area contributed by atoms with Gasteiger partial charge in [0.15, 0.2) is 34.5 Å². The Kier molecular flexibility index (Phi) is 25.5. The molecule has 0 aromatic heterocycles. The molecular formula is C51H78O6S3. The second-order valence-electron chi connectivity index (χ2n) is 16.2. The van der Waals surface area contributed by atoms with Crippen LogP contribution in [0.5, 0.6) is 34.5 Å². The summed E-state index contributed by atoms with van der Waals surface area (Å²) in [6.07, 6.45) is 23.0. The molecule has 0 aliphatic heterocycles. The highest BCUT2D eigenvalue weighted by molar-refractivity contribution is 7.80. The summed E-state index contributed by atoms with van der Waals surface area (Å²) in [6.45, 7) is 10.5. The third kappa shape index (κ3) is 16.7. The second kappa shape index (κ2) is 30.5. The van der Waals surface area contributed by atoms with E-state index in [1.807, 2.05) is 0 Å². The van der Waals surface area contributed by atoms with Gasteiger partial charge in [0.25, 0.3) is 0 Å². The molecule has 60 heavy (non-hydrogen) atoms. The Bertz CT molecular complexity index is 1420. The van der Waals surface area contributed by atoms with Crippen LogP contribution >= 0.6 is 37.9 Å². The van der Waals surface area contributed by atoms with E-state index in [1.54, 1.807) is 0 Å². The molecule has 9 heteroatoms. The number of hydrogen-bond donors (Lipinski definition) is 3. The number of thiol groups is 3.